The molecule has 4 rings (SSSR count). The van der Waals surface area contributed by atoms with Crippen LogP contribution in [0, 0.1) is 0 Å². The Balaban J connectivity index is 1.33. The van der Waals surface area contributed by atoms with Crippen LogP contribution in [0.5, 0.6) is 0 Å². The Morgan fingerprint density at radius 1 is 1.07 bits per heavy atom. The van der Waals surface area contributed by atoms with Crippen LogP contribution in [0.15, 0.2) is 36.4 Å². The normalized spacial score (nSPS) is 15.6. The van der Waals surface area contributed by atoms with Crippen LogP contribution in [0.25, 0.3) is 5.65 Å². The molecule has 1 amide bonds. The van der Waals surface area contributed by atoms with E-state index < -0.39 is 17.6 Å². The fourth-order valence-corrected chi connectivity index (χ4v) is 3.18. The van der Waals surface area contributed by atoms with E-state index in [9.17, 15) is 18.0 Å². The topological polar surface area (TPSA) is 91.6 Å². The Labute approximate surface area is 163 Å². The van der Waals surface area contributed by atoms with Gasteiger partial charge in [0.2, 0.25) is 5.91 Å². The van der Waals surface area contributed by atoms with E-state index in [1.54, 1.807) is 6.07 Å². The molecule has 0 unspecified atom stereocenters. The summed E-state index contributed by atoms with van der Waals surface area (Å²) in [5, 5.41) is 17.8. The van der Waals surface area contributed by atoms with Crippen LogP contribution in [0.4, 0.5) is 24.7 Å². The predicted molar refractivity (Wildman–Crippen MR) is 97.3 cm³/mol. The number of benzene rings is 1. The van der Waals surface area contributed by atoms with Crippen molar-refractivity contribution in [2.75, 3.05) is 42.9 Å². The Kier molecular flexibility index (Phi) is 5.01. The molecule has 0 atom stereocenters. The van der Waals surface area contributed by atoms with Crippen LogP contribution in [0.1, 0.15) is 5.56 Å². The van der Waals surface area contributed by atoms with Crippen LogP contribution in [-0.4, -0.2) is 68.8 Å². The number of carbonyl (C=O) groups is 1. The first-order valence-electron chi connectivity index (χ1n) is 8.89. The number of alkyl halides is 3. The molecular formula is C17H17F3N8O. The summed E-state index contributed by atoms with van der Waals surface area (Å²) in [7, 11) is 0. The van der Waals surface area contributed by atoms with E-state index in [4.69, 9.17) is 0 Å². The summed E-state index contributed by atoms with van der Waals surface area (Å²) >= 11 is 0. The van der Waals surface area contributed by atoms with E-state index in [0.717, 1.165) is 6.07 Å². The van der Waals surface area contributed by atoms with E-state index in [1.807, 2.05) is 15.9 Å². The number of carbonyl (C=O) groups excluding carboxylic acids is 1. The van der Waals surface area contributed by atoms with Crippen molar-refractivity contribution in [1.29, 1.82) is 0 Å². The molecule has 1 aromatic carbocycles. The van der Waals surface area contributed by atoms with Crippen LogP contribution >= 0.6 is 0 Å². The maximum absolute atomic E-state index is 13.1. The molecule has 12 heteroatoms. The quantitative estimate of drug-likeness (QED) is 0.698. The molecule has 9 nitrogen and oxygen atoms in total. The molecule has 3 heterocycles. The third-order valence-electron chi connectivity index (χ3n) is 4.63. The minimum absolute atomic E-state index is 0.0134. The van der Waals surface area contributed by atoms with E-state index in [-0.39, 0.29) is 12.2 Å². The van der Waals surface area contributed by atoms with E-state index >= 15 is 0 Å². The summed E-state index contributed by atoms with van der Waals surface area (Å²) in [4.78, 5) is 16.2. The van der Waals surface area contributed by atoms with Gasteiger partial charge in [-0.1, -0.05) is 12.1 Å². The van der Waals surface area contributed by atoms with Crippen LogP contribution in [-0.2, 0) is 11.0 Å². The van der Waals surface area contributed by atoms with Crippen molar-refractivity contribution in [3.63, 3.8) is 0 Å². The summed E-state index contributed by atoms with van der Waals surface area (Å²) < 4.78 is 40.5. The number of tetrazole rings is 1. The van der Waals surface area contributed by atoms with Gasteiger partial charge in [-0.05, 0) is 34.7 Å². The number of nitrogens with zero attached hydrogens (tertiary/aromatic N) is 7. The Morgan fingerprint density at radius 3 is 2.59 bits per heavy atom. The summed E-state index contributed by atoms with van der Waals surface area (Å²) in [5.74, 6) is 0.233. The average Bonchev–Trinajstić information content (AvgIpc) is 3.16. The van der Waals surface area contributed by atoms with Crippen molar-refractivity contribution >= 4 is 23.1 Å². The number of amides is 1. The van der Waals surface area contributed by atoms with E-state index in [2.05, 4.69) is 25.9 Å². The lowest BCUT2D eigenvalue weighted by atomic mass is 10.1. The Bertz CT molecular complexity index is 1010. The minimum atomic E-state index is -4.52. The zero-order valence-electron chi connectivity index (χ0n) is 15.2. The molecule has 152 valence electrons. The number of nitrogens with one attached hydrogen (secondary N) is 1. The molecule has 0 bridgehead atoms. The first-order chi connectivity index (χ1) is 13.9. The lowest BCUT2D eigenvalue weighted by Gasteiger charge is -2.34. The lowest BCUT2D eigenvalue weighted by Crippen LogP contribution is -2.49. The second kappa shape index (κ2) is 7.62. The fourth-order valence-electron chi connectivity index (χ4n) is 3.18. The van der Waals surface area contributed by atoms with Gasteiger partial charge in [0.15, 0.2) is 11.5 Å². The van der Waals surface area contributed by atoms with Crippen molar-refractivity contribution in [1.82, 2.24) is 30.2 Å². The number of aromatic nitrogens is 5. The second-order valence-corrected chi connectivity index (χ2v) is 6.57. The molecule has 1 N–H and O–H groups in total. The molecule has 2 aromatic heterocycles. The molecule has 1 saturated heterocycles. The van der Waals surface area contributed by atoms with Crippen LogP contribution < -0.4 is 10.2 Å². The van der Waals surface area contributed by atoms with Crippen LogP contribution in [0.3, 0.4) is 0 Å². The number of hydrogen-bond donors (Lipinski definition) is 1. The number of anilines is 2. The number of fused-ring (bicyclic) bond motifs is 1. The molecule has 1 aliphatic rings. The monoisotopic (exact) mass is 406 g/mol. The minimum Gasteiger partial charge on any atom is -0.353 e. The molecule has 0 radical (unpaired) electrons. The molecule has 1 aliphatic heterocycles. The first kappa shape index (κ1) is 19.1. The van der Waals surface area contributed by atoms with Crippen LogP contribution in [0.2, 0.25) is 0 Å². The molecule has 3 aromatic rings. The SMILES string of the molecule is O=C(CN1CCN(c2ccc3nnnn3n2)CC1)Nc1ccccc1C(F)(F)F. The van der Waals surface area contributed by atoms with Crippen molar-refractivity contribution < 1.29 is 18.0 Å². The van der Waals surface area contributed by atoms with Crippen molar-refractivity contribution in [3.05, 3.63) is 42.0 Å². The zero-order chi connectivity index (χ0) is 20.4. The number of halogens is 3. The van der Waals surface area contributed by atoms with Gasteiger partial charge in [-0.3, -0.25) is 9.69 Å². The number of para-hydroxylation sites is 1. The Hall–Kier alpha value is -3.28. The first-order valence-corrected chi connectivity index (χ1v) is 8.89. The van der Waals surface area contributed by atoms with E-state index in [1.165, 1.54) is 22.8 Å². The maximum atomic E-state index is 13.1. The van der Waals surface area contributed by atoms with E-state index in [0.29, 0.717) is 37.6 Å². The maximum Gasteiger partial charge on any atom is 0.418 e. The highest BCUT2D eigenvalue weighted by Gasteiger charge is 2.33. The van der Waals surface area contributed by atoms with Gasteiger partial charge in [-0.15, -0.1) is 14.8 Å². The van der Waals surface area contributed by atoms with Crippen molar-refractivity contribution in [2.45, 2.75) is 6.18 Å². The van der Waals surface area contributed by atoms with Gasteiger partial charge in [-0.25, -0.2) is 0 Å². The Morgan fingerprint density at radius 2 is 1.83 bits per heavy atom. The second-order valence-electron chi connectivity index (χ2n) is 6.57. The van der Waals surface area contributed by atoms with Gasteiger partial charge in [-0.2, -0.15) is 13.2 Å². The van der Waals surface area contributed by atoms with Gasteiger partial charge in [0, 0.05) is 26.2 Å². The van der Waals surface area contributed by atoms with Crippen molar-refractivity contribution in [3.8, 4) is 0 Å². The molecule has 0 saturated carbocycles. The number of piperazine rings is 1. The molecular weight excluding hydrogens is 389 g/mol. The third-order valence-corrected chi connectivity index (χ3v) is 4.63. The predicted octanol–water partition coefficient (Wildman–Crippen LogP) is 1.30. The smallest absolute Gasteiger partial charge is 0.353 e. The highest BCUT2D eigenvalue weighted by Crippen LogP contribution is 2.34. The van der Waals surface area contributed by atoms with Gasteiger partial charge < -0.3 is 10.2 Å². The third kappa shape index (κ3) is 4.26. The molecule has 29 heavy (non-hydrogen) atoms. The van der Waals surface area contributed by atoms with Gasteiger partial charge in [0.25, 0.3) is 0 Å². The summed E-state index contributed by atoms with van der Waals surface area (Å²) in [5.41, 5.74) is -0.548. The molecule has 1 fully saturated rings. The number of rotatable bonds is 4. The van der Waals surface area contributed by atoms with Gasteiger partial charge >= 0.3 is 6.18 Å². The fraction of sp³-hybridized carbons (Fsp3) is 0.353. The number of hydrogen-bond acceptors (Lipinski definition) is 7. The van der Waals surface area contributed by atoms with Gasteiger partial charge in [0.1, 0.15) is 0 Å². The summed E-state index contributed by atoms with van der Waals surface area (Å²) in [6, 6.07) is 8.53. The summed E-state index contributed by atoms with van der Waals surface area (Å²) in [6.45, 7) is 2.40. The highest BCUT2D eigenvalue weighted by molar-refractivity contribution is 5.93. The van der Waals surface area contributed by atoms with Crippen molar-refractivity contribution in [2.24, 2.45) is 0 Å². The molecule has 0 spiro atoms. The summed E-state index contributed by atoms with van der Waals surface area (Å²) in [6.07, 6.45) is -4.52. The lowest BCUT2D eigenvalue weighted by molar-refractivity contribution is -0.137. The standard InChI is InChI=1S/C17H17F3N8O/c18-17(19,20)12-3-1-2-4-13(12)21-16(29)11-26-7-9-27(10-8-26)15-6-5-14-22-24-25-28(14)23-15/h1-6H,7-11H2,(H,21,29). The van der Waals surface area contributed by atoms with Gasteiger partial charge in [0.05, 0.1) is 17.8 Å². The zero-order valence-corrected chi connectivity index (χ0v) is 15.2. The molecule has 0 aliphatic carbocycles. The largest absolute Gasteiger partial charge is 0.418 e. The highest BCUT2D eigenvalue weighted by atomic mass is 19.4. The average molecular weight is 406 g/mol.